The van der Waals surface area contributed by atoms with Crippen LogP contribution in [0.3, 0.4) is 0 Å². The molecule has 0 radical (unpaired) electrons. The van der Waals surface area contributed by atoms with Gasteiger partial charge in [0.05, 0.1) is 25.2 Å². The van der Waals surface area contributed by atoms with E-state index in [2.05, 4.69) is 36.5 Å². The lowest BCUT2D eigenvalue weighted by Crippen LogP contribution is -2.50. The number of nitrogens with one attached hydrogen (secondary N) is 1. The zero-order chi connectivity index (χ0) is 25.9. The van der Waals surface area contributed by atoms with Gasteiger partial charge in [0.15, 0.2) is 11.5 Å². The summed E-state index contributed by atoms with van der Waals surface area (Å²) in [6.45, 7) is 8.02. The van der Waals surface area contributed by atoms with Gasteiger partial charge in [-0.3, -0.25) is 9.59 Å². The number of amides is 2. The van der Waals surface area contributed by atoms with Crippen LogP contribution in [0.4, 0.5) is 0 Å². The molecule has 0 bridgehead atoms. The van der Waals surface area contributed by atoms with Crippen LogP contribution in [0, 0.1) is 0 Å². The Kier molecular flexibility index (Phi) is 7.17. The second-order valence-electron chi connectivity index (χ2n) is 9.51. The maximum atomic E-state index is 13.9. The summed E-state index contributed by atoms with van der Waals surface area (Å²) in [5.74, 6) is 0.698. The lowest BCUT2D eigenvalue weighted by atomic mass is 9.75. The number of fused-ring (bicyclic) bond motifs is 4. The van der Waals surface area contributed by atoms with Crippen LogP contribution in [0.5, 0.6) is 11.5 Å². The number of hydrogen-bond donors (Lipinski definition) is 1. The molecule has 0 unspecified atom stereocenters. The Bertz CT molecular complexity index is 1300. The van der Waals surface area contributed by atoms with E-state index in [-0.39, 0.29) is 11.8 Å². The Balaban J connectivity index is 1.54. The number of nitrogens with zero attached hydrogens (tertiary/aromatic N) is 1. The van der Waals surface area contributed by atoms with Crippen LogP contribution in [0.15, 0.2) is 60.7 Å². The van der Waals surface area contributed by atoms with E-state index < -0.39 is 12.0 Å². The average Bonchev–Trinajstić information content (AvgIpc) is 2.93. The lowest BCUT2D eigenvalue weighted by molar-refractivity contribution is -0.124. The SMILES string of the molecule is CCOc1cc2c(cc1OCC)[C@@H]1[C@H](C(=O)NCc3ccc(CC)cc3)c3ccccc3C(=O)N1CC2. The minimum absolute atomic E-state index is 0.0303. The van der Waals surface area contributed by atoms with Crippen molar-refractivity contribution >= 4 is 11.8 Å². The topological polar surface area (TPSA) is 67.9 Å². The fourth-order valence-corrected chi connectivity index (χ4v) is 5.55. The first-order valence-electron chi connectivity index (χ1n) is 13.2. The molecule has 2 amide bonds. The van der Waals surface area contributed by atoms with E-state index in [1.165, 1.54) is 5.56 Å². The van der Waals surface area contributed by atoms with Gasteiger partial charge in [-0.25, -0.2) is 0 Å². The fourth-order valence-electron chi connectivity index (χ4n) is 5.55. The first-order valence-corrected chi connectivity index (χ1v) is 13.2. The number of carbonyl (C=O) groups is 2. The standard InChI is InChI=1S/C31H34N2O4/c1-4-20-11-13-21(14-12-20)19-32-30(34)28-23-9-7-8-10-24(23)31(35)33-16-15-22-17-26(36-5-2)27(37-6-3)18-25(22)29(28)33/h7-14,17-18,28-29H,4-6,15-16,19H2,1-3H3,(H,32,34)/t28-,29-/m1/s1. The van der Waals surface area contributed by atoms with Gasteiger partial charge in [-0.15, -0.1) is 0 Å². The van der Waals surface area contributed by atoms with Crippen LogP contribution in [0.2, 0.25) is 0 Å². The summed E-state index contributed by atoms with van der Waals surface area (Å²) >= 11 is 0. The number of ether oxygens (including phenoxy) is 2. The van der Waals surface area contributed by atoms with Crippen molar-refractivity contribution in [2.45, 2.75) is 52.1 Å². The number of rotatable bonds is 8. The summed E-state index contributed by atoms with van der Waals surface area (Å²) in [6, 6.07) is 19.4. The van der Waals surface area contributed by atoms with Crippen LogP contribution < -0.4 is 14.8 Å². The summed E-state index contributed by atoms with van der Waals surface area (Å²) in [5.41, 5.74) is 5.73. The van der Waals surface area contributed by atoms with Gasteiger partial charge < -0.3 is 19.7 Å². The van der Waals surface area contributed by atoms with Crippen molar-refractivity contribution in [3.05, 3.63) is 94.0 Å². The van der Waals surface area contributed by atoms with Gasteiger partial charge in [-0.2, -0.15) is 0 Å². The van der Waals surface area contributed by atoms with Crippen molar-refractivity contribution in [2.75, 3.05) is 19.8 Å². The van der Waals surface area contributed by atoms with Crippen LogP contribution in [-0.4, -0.2) is 36.5 Å². The zero-order valence-corrected chi connectivity index (χ0v) is 21.8. The van der Waals surface area contributed by atoms with E-state index in [1.807, 2.05) is 55.1 Å². The predicted octanol–water partition coefficient (Wildman–Crippen LogP) is 5.20. The molecule has 1 N–H and O–H groups in total. The maximum absolute atomic E-state index is 13.9. The fraction of sp³-hybridized carbons (Fsp3) is 0.355. The van der Waals surface area contributed by atoms with Crippen molar-refractivity contribution in [1.29, 1.82) is 0 Å². The van der Waals surface area contributed by atoms with Gasteiger partial charge in [0.1, 0.15) is 0 Å². The second-order valence-corrected chi connectivity index (χ2v) is 9.51. The third-order valence-electron chi connectivity index (χ3n) is 7.37. The highest BCUT2D eigenvalue weighted by atomic mass is 16.5. The Hall–Kier alpha value is -3.80. The van der Waals surface area contributed by atoms with Gasteiger partial charge >= 0.3 is 0 Å². The summed E-state index contributed by atoms with van der Waals surface area (Å²) in [7, 11) is 0. The minimum atomic E-state index is -0.532. The second kappa shape index (κ2) is 10.7. The summed E-state index contributed by atoms with van der Waals surface area (Å²) < 4.78 is 11.8. The molecule has 0 saturated heterocycles. The first-order chi connectivity index (χ1) is 18.0. The lowest BCUT2D eigenvalue weighted by Gasteiger charge is -2.45. The molecule has 2 heterocycles. The average molecular weight is 499 g/mol. The smallest absolute Gasteiger partial charge is 0.254 e. The molecule has 37 heavy (non-hydrogen) atoms. The highest BCUT2D eigenvalue weighted by molar-refractivity contribution is 6.01. The van der Waals surface area contributed by atoms with Crippen molar-refractivity contribution in [3.63, 3.8) is 0 Å². The molecule has 0 aromatic heterocycles. The molecule has 2 atom stereocenters. The molecule has 5 rings (SSSR count). The number of benzene rings is 3. The molecular weight excluding hydrogens is 464 g/mol. The largest absolute Gasteiger partial charge is 0.490 e. The molecule has 0 spiro atoms. The molecule has 0 aliphatic carbocycles. The molecule has 0 fully saturated rings. The zero-order valence-electron chi connectivity index (χ0n) is 21.8. The van der Waals surface area contributed by atoms with Gasteiger partial charge in [0, 0.05) is 18.7 Å². The Morgan fingerprint density at radius 3 is 2.30 bits per heavy atom. The van der Waals surface area contributed by atoms with Crippen LogP contribution >= 0.6 is 0 Å². The molecular formula is C31H34N2O4. The van der Waals surface area contributed by atoms with Crippen LogP contribution in [0.1, 0.15) is 70.9 Å². The number of aryl methyl sites for hydroxylation is 1. The van der Waals surface area contributed by atoms with Crippen LogP contribution in [-0.2, 0) is 24.2 Å². The van der Waals surface area contributed by atoms with Gasteiger partial charge in [0.2, 0.25) is 5.91 Å². The summed E-state index contributed by atoms with van der Waals surface area (Å²) in [6.07, 6.45) is 1.68. The molecule has 6 nitrogen and oxygen atoms in total. The van der Waals surface area contributed by atoms with Gasteiger partial charge in [-0.1, -0.05) is 49.4 Å². The molecule has 3 aromatic rings. The minimum Gasteiger partial charge on any atom is -0.490 e. The van der Waals surface area contributed by atoms with E-state index in [4.69, 9.17) is 9.47 Å². The summed E-state index contributed by atoms with van der Waals surface area (Å²) in [5, 5.41) is 3.16. The highest BCUT2D eigenvalue weighted by Gasteiger charge is 2.46. The predicted molar refractivity (Wildman–Crippen MR) is 143 cm³/mol. The monoisotopic (exact) mass is 498 g/mol. The number of hydrogen-bond acceptors (Lipinski definition) is 4. The van der Waals surface area contributed by atoms with Crippen molar-refractivity contribution in [1.82, 2.24) is 10.2 Å². The summed E-state index contributed by atoms with van der Waals surface area (Å²) in [4.78, 5) is 29.4. The Labute approximate surface area is 218 Å². The van der Waals surface area contributed by atoms with E-state index >= 15 is 0 Å². The Morgan fingerprint density at radius 1 is 0.919 bits per heavy atom. The van der Waals surface area contributed by atoms with E-state index in [1.54, 1.807) is 0 Å². The van der Waals surface area contributed by atoms with Gasteiger partial charge in [-0.05, 0) is 72.7 Å². The Morgan fingerprint density at radius 2 is 1.59 bits per heavy atom. The third-order valence-corrected chi connectivity index (χ3v) is 7.37. The van der Waals surface area contributed by atoms with E-state index in [0.29, 0.717) is 49.8 Å². The van der Waals surface area contributed by atoms with Crippen molar-refractivity contribution < 1.29 is 19.1 Å². The van der Waals surface area contributed by atoms with E-state index in [9.17, 15) is 9.59 Å². The third kappa shape index (κ3) is 4.68. The molecule has 2 aliphatic rings. The molecule has 6 heteroatoms. The molecule has 192 valence electrons. The normalized spacial score (nSPS) is 17.9. The molecule has 0 saturated carbocycles. The van der Waals surface area contributed by atoms with Crippen LogP contribution in [0.25, 0.3) is 0 Å². The highest BCUT2D eigenvalue weighted by Crippen LogP contribution is 2.48. The first kappa shape index (κ1) is 24.9. The maximum Gasteiger partial charge on any atom is 0.254 e. The van der Waals surface area contributed by atoms with Gasteiger partial charge in [0.25, 0.3) is 5.91 Å². The van der Waals surface area contributed by atoms with E-state index in [0.717, 1.165) is 28.7 Å². The van der Waals surface area contributed by atoms with Crippen molar-refractivity contribution in [3.8, 4) is 11.5 Å². The molecule has 2 aliphatic heterocycles. The molecule has 3 aromatic carbocycles. The number of carbonyl (C=O) groups excluding carboxylic acids is 2. The van der Waals surface area contributed by atoms with Crippen molar-refractivity contribution in [2.24, 2.45) is 0 Å². The quantitative estimate of drug-likeness (QED) is 0.464.